The monoisotopic (exact) mass is 878 g/mol. The molecule has 238 valence electrons. The normalized spacial score (nSPS) is 14.9. The second-order valence-corrected chi connectivity index (χ2v) is 16.3. The first kappa shape index (κ1) is 39.2. The van der Waals surface area contributed by atoms with E-state index in [0.717, 1.165) is 0 Å². The Bertz CT molecular complexity index is 1220. The molecule has 17 heteroatoms. The predicted molar refractivity (Wildman–Crippen MR) is 154 cm³/mol. The van der Waals surface area contributed by atoms with Crippen molar-refractivity contribution in [2.45, 2.75) is 0 Å². The molecule has 0 unspecified atom stereocenters. The average Bonchev–Trinajstić information content (AvgIpc) is 2.85. The second kappa shape index (κ2) is 13.2. The van der Waals surface area contributed by atoms with E-state index in [1.165, 1.54) is 21.2 Å². The average molecular weight is 877 g/mol. The fourth-order valence-electron chi connectivity index (χ4n) is 3.13. The molecule has 0 aliphatic heterocycles. The van der Waals surface area contributed by atoms with Crippen LogP contribution in [0.5, 0.6) is 0 Å². The van der Waals surface area contributed by atoms with E-state index in [0.29, 0.717) is 0 Å². The van der Waals surface area contributed by atoms with Crippen LogP contribution in [0.3, 0.4) is 0 Å². The Labute approximate surface area is 255 Å². The van der Waals surface area contributed by atoms with E-state index < -0.39 is 31.5 Å². The second-order valence-electron chi connectivity index (χ2n) is 8.30. The Hall–Kier alpha value is -1.86. The maximum absolute atomic E-state index is 10.7. The van der Waals surface area contributed by atoms with Gasteiger partial charge in [-0.15, -0.1) is 0 Å². The van der Waals surface area contributed by atoms with Crippen molar-refractivity contribution in [3.8, 4) is 0 Å². The summed E-state index contributed by atoms with van der Waals surface area (Å²) in [4.78, 5) is 0. The molecule has 0 amide bonds. The Morgan fingerprint density at radius 3 is 0.605 bits per heavy atom. The van der Waals surface area contributed by atoms with Crippen LogP contribution >= 0.6 is 31.5 Å². The van der Waals surface area contributed by atoms with Crippen LogP contribution in [0.4, 0.5) is 50.4 Å². The van der Waals surface area contributed by atoms with Crippen molar-refractivity contribution < 1.29 is 70.2 Å². The maximum atomic E-state index is 9.87. The quantitative estimate of drug-likeness (QED) is 0.134. The SMILES string of the molecule is C(=C/P(c1ccccc1)c1ccccc1)/P(c1ccccc1)c1ccccc1.F[P-](F)(F)(F)(F)F.F[P-](F)(F)(F)(F)F.[Os+2]. The van der Waals surface area contributed by atoms with Gasteiger partial charge in [-0.25, -0.2) is 0 Å². The first-order valence-electron chi connectivity index (χ1n) is 11.4. The summed E-state index contributed by atoms with van der Waals surface area (Å²) in [5.74, 6) is 4.90. The van der Waals surface area contributed by atoms with Gasteiger partial charge in [0.25, 0.3) is 0 Å². The van der Waals surface area contributed by atoms with E-state index in [-0.39, 0.29) is 19.8 Å². The third-order valence-electron chi connectivity index (χ3n) is 4.50. The molecule has 0 aliphatic carbocycles. The topological polar surface area (TPSA) is 0 Å². The Kier molecular flexibility index (Phi) is 12.1. The molecule has 0 saturated carbocycles. The summed E-state index contributed by atoms with van der Waals surface area (Å²) in [5.41, 5.74) is 0. The van der Waals surface area contributed by atoms with Crippen LogP contribution in [0.1, 0.15) is 0 Å². The summed E-state index contributed by atoms with van der Waals surface area (Å²) in [7, 11) is -22.4. The molecule has 0 saturated heterocycles. The van der Waals surface area contributed by atoms with E-state index in [1.807, 2.05) is 0 Å². The van der Waals surface area contributed by atoms with Crippen LogP contribution in [0.25, 0.3) is 0 Å². The van der Waals surface area contributed by atoms with E-state index in [1.54, 1.807) is 0 Å². The third-order valence-corrected chi connectivity index (χ3v) is 9.05. The molecule has 0 fully saturated rings. The molecule has 0 atom stereocenters. The summed E-state index contributed by atoms with van der Waals surface area (Å²) in [6.07, 6.45) is 0. The zero-order chi connectivity index (χ0) is 31.8. The van der Waals surface area contributed by atoms with E-state index in [2.05, 4.69) is 133 Å². The summed E-state index contributed by atoms with van der Waals surface area (Å²) in [6.45, 7) is 0. The molecule has 0 nitrogen and oxygen atoms in total. The van der Waals surface area contributed by atoms with E-state index in [4.69, 9.17) is 0 Å². The molecule has 4 rings (SSSR count). The van der Waals surface area contributed by atoms with Crippen LogP contribution in [0.15, 0.2) is 133 Å². The smallest absolute Gasteiger partial charge is 2.00 e. The molecule has 0 bridgehead atoms. The number of hydrogen-bond donors (Lipinski definition) is 0. The van der Waals surface area contributed by atoms with Crippen molar-refractivity contribution in [2.24, 2.45) is 0 Å². The van der Waals surface area contributed by atoms with Gasteiger partial charge in [-0.2, -0.15) is 0 Å². The molecule has 0 heterocycles. The first-order valence-corrected chi connectivity index (χ1v) is 18.3. The molecule has 0 spiro atoms. The van der Waals surface area contributed by atoms with Crippen molar-refractivity contribution in [3.63, 3.8) is 0 Å². The molecule has 0 N–H and O–H groups in total. The zero-order valence-corrected chi connectivity index (χ0v) is 27.5. The Balaban J connectivity index is 0.000000516. The summed E-state index contributed by atoms with van der Waals surface area (Å²) in [6, 6.07) is 43.4. The van der Waals surface area contributed by atoms with Gasteiger partial charge in [0, 0.05) is 0 Å². The Morgan fingerprint density at radius 2 is 0.465 bits per heavy atom. The minimum absolute atomic E-state index is 0. The molecular formula is C26H22F12OsP4. The fraction of sp³-hybridized carbons (Fsp3) is 0. The van der Waals surface area contributed by atoms with E-state index >= 15 is 0 Å². The van der Waals surface area contributed by atoms with Gasteiger partial charge >= 0.3 is 85.8 Å². The molecule has 4 aromatic carbocycles. The van der Waals surface area contributed by atoms with Crippen molar-refractivity contribution in [2.75, 3.05) is 0 Å². The molecule has 43 heavy (non-hydrogen) atoms. The van der Waals surface area contributed by atoms with Crippen molar-refractivity contribution in [1.82, 2.24) is 0 Å². The summed E-state index contributed by atoms with van der Waals surface area (Å²) >= 11 is 0. The molecule has 0 aromatic heterocycles. The molecular weight excluding hydrogens is 854 g/mol. The summed E-state index contributed by atoms with van der Waals surface area (Å²) in [5, 5.41) is 5.54. The number of hydrogen-bond acceptors (Lipinski definition) is 0. The van der Waals surface area contributed by atoms with Crippen molar-refractivity contribution in [3.05, 3.63) is 133 Å². The minimum atomic E-state index is -10.7. The Morgan fingerprint density at radius 1 is 0.326 bits per heavy atom. The van der Waals surface area contributed by atoms with Gasteiger partial charge in [-0.05, 0) is 37.1 Å². The standard InChI is InChI=1S/C26H22P2.2F6P.Os/c1-5-13-23(14-6-1)27(24-15-7-2-8-16-24)21-22-28(25-17-9-3-10-18-25)26-19-11-4-12-20-26;2*1-7(2,3,4,5)6;/h1-22H;;;/q;2*-1;+2/b22-21-;;;. The zero-order valence-electron chi connectivity index (χ0n) is 21.4. The van der Waals surface area contributed by atoms with Crippen LogP contribution in [-0.4, -0.2) is 0 Å². The fourth-order valence-corrected chi connectivity index (χ4v) is 7.45. The number of halogens is 12. The molecule has 0 radical (unpaired) electrons. The number of benzene rings is 4. The number of rotatable bonds is 6. The van der Waals surface area contributed by atoms with Crippen LogP contribution < -0.4 is 21.2 Å². The van der Waals surface area contributed by atoms with Crippen molar-refractivity contribution in [1.29, 1.82) is 0 Å². The largest absolute Gasteiger partial charge is 2.00 e. The van der Waals surface area contributed by atoms with Crippen LogP contribution in [-0.2, 0) is 19.8 Å². The van der Waals surface area contributed by atoms with Gasteiger partial charge in [-0.3, -0.25) is 0 Å². The minimum Gasteiger partial charge on any atom is 2.00 e. The van der Waals surface area contributed by atoms with Gasteiger partial charge in [0.05, 0.1) is 0 Å². The molecule has 0 aliphatic rings. The van der Waals surface area contributed by atoms with E-state index in [9.17, 15) is 50.4 Å². The van der Waals surface area contributed by atoms with Gasteiger partial charge in [0.15, 0.2) is 0 Å². The van der Waals surface area contributed by atoms with Crippen LogP contribution in [0, 0.1) is 0 Å². The van der Waals surface area contributed by atoms with Gasteiger partial charge in [-0.1, -0.05) is 133 Å². The summed E-state index contributed by atoms with van der Waals surface area (Å²) < 4.78 is 118. The predicted octanol–water partition coefficient (Wildman–Crippen LogP) is 12.5. The maximum Gasteiger partial charge on any atom is 2.00 e. The van der Waals surface area contributed by atoms with Crippen molar-refractivity contribution >= 4 is 52.7 Å². The van der Waals surface area contributed by atoms with Gasteiger partial charge in [0.1, 0.15) is 0 Å². The third kappa shape index (κ3) is 22.3. The molecule has 4 aromatic rings. The van der Waals surface area contributed by atoms with Gasteiger partial charge < -0.3 is 0 Å². The van der Waals surface area contributed by atoms with Crippen LogP contribution in [0.2, 0.25) is 0 Å². The first-order chi connectivity index (χ1) is 18.8. The van der Waals surface area contributed by atoms with Gasteiger partial charge in [0.2, 0.25) is 0 Å².